The molecule has 2 aromatic rings. The molecule has 1 N–H and O–H groups in total. The highest BCUT2D eigenvalue weighted by Gasteiger charge is 2.35. The van der Waals surface area contributed by atoms with Gasteiger partial charge in [-0.25, -0.2) is 8.42 Å². The average molecular weight is 427 g/mol. The first-order chi connectivity index (χ1) is 12.8. The Hall–Kier alpha value is -1.90. The molecule has 1 heterocycles. The summed E-state index contributed by atoms with van der Waals surface area (Å²) in [6.45, 7) is 1.90. The van der Waals surface area contributed by atoms with Crippen LogP contribution in [0.1, 0.15) is 6.92 Å². The fourth-order valence-electron chi connectivity index (χ4n) is 2.74. The van der Waals surface area contributed by atoms with E-state index in [1.807, 2.05) is 25.1 Å². The Labute approximate surface area is 167 Å². The number of hydrogen-bond acceptors (Lipinski definition) is 5. The van der Waals surface area contributed by atoms with Crippen molar-refractivity contribution in [1.29, 1.82) is 0 Å². The number of carbonyl (C=O) groups is 1. The van der Waals surface area contributed by atoms with E-state index >= 15 is 0 Å². The number of halogens is 1. The van der Waals surface area contributed by atoms with Gasteiger partial charge in [0.15, 0.2) is 6.10 Å². The third kappa shape index (κ3) is 4.51. The smallest absolute Gasteiger partial charge is 0.267 e. The average Bonchev–Trinajstić information content (AvgIpc) is 2.61. The summed E-state index contributed by atoms with van der Waals surface area (Å²) in [7, 11) is -3.60. The third-order valence-electron chi connectivity index (χ3n) is 3.93. The van der Waals surface area contributed by atoms with Gasteiger partial charge in [0, 0.05) is 9.92 Å². The highest BCUT2D eigenvalue weighted by molar-refractivity contribution is 7.99. The summed E-state index contributed by atoms with van der Waals surface area (Å²) in [4.78, 5) is 13.7. The summed E-state index contributed by atoms with van der Waals surface area (Å²) in [6.07, 6.45) is 0.110. The van der Waals surface area contributed by atoms with Gasteiger partial charge >= 0.3 is 0 Å². The second-order valence-corrected chi connectivity index (χ2v) is 9.58. The normalized spacial score (nSPS) is 16.4. The Morgan fingerprint density at radius 2 is 2.07 bits per heavy atom. The van der Waals surface area contributed by atoms with Crippen LogP contribution < -0.4 is 14.4 Å². The summed E-state index contributed by atoms with van der Waals surface area (Å²) in [5.74, 6) is 0.754. The van der Waals surface area contributed by atoms with Crippen LogP contribution in [0.15, 0.2) is 47.4 Å². The molecule has 0 aliphatic carbocycles. The number of para-hydroxylation sites is 1. The first-order valence-corrected chi connectivity index (χ1v) is 11.5. The van der Waals surface area contributed by atoms with Crippen LogP contribution in [0.2, 0.25) is 5.02 Å². The van der Waals surface area contributed by atoms with Crippen molar-refractivity contribution in [1.82, 2.24) is 0 Å². The van der Waals surface area contributed by atoms with Crippen molar-refractivity contribution in [3.8, 4) is 5.75 Å². The second kappa shape index (κ2) is 8.00. The fraction of sp³-hybridized carbons (Fsp3) is 0.278. The molecule has 9 heteroatoms. The van der Waals surface area contributed by atoms with Gasteiger partial charge in [-0.1, -0.05) is 30.7 Å². The number of fused-ring (bicyclic) bond motifs is 1. The molecule has 0 saturated carbocycles. The van der Waals surface area contributed by atoms with Crippen molar-refractivity contribution < 1.29 is 17.9 Å². The molecule has 1 aliphatic heterocycles. The molecular formula is C18H19ClN2O4S2. The number of ether oxygens (including phenoxy) is 1. The maximum Gasteiger partial charge on any atom is 0.267 e. The van der Waals surface area contributed by atoms with Crippen molar-refractivity contribution in [3.05, 3.63) is 47.5 Å². The lowest BCUT2D eigenvalue weighted by atomic mass is 10.2. The lowest BCUT2D eigenvalue weighted by Gasteiger charge is -2.34. The molecule has 1 aliphatic rings. The van der Waals surface area contributed by atoms with Crippen molar-refractivity contribution in [2.45, 2.75) is 17.9 Å². The summed E-state index contributed by atoms with van der Waals surface area (Å²) >= 11 is 7.60. The summed E-state index contributed by atoms with van der Waals surface area (Å²) in [6, 6.07) is 12.1. The minimum atomic E-state index is -3.60. The number of anilines is 2. The zero-order valence-corrected chi connectivity index (χ0v) is 17.2. The molecule has 1 atom stereocenters. The second-order valence-electron chi connectivity index (χ2n) is 5.93. The van der Waals surface area contributed by atoms with E-state index in [2.05, 4.69) is 5.32 Å². The van der Waals surface area contributed by atoms with Gasteiger partial charge in [-0.2, -0.15) is 0 Å². The standard InChI is InChI=1S/C18H19ClN2O4S2/c1-3-26-17-7-5-4-6-13(17)20-18(22)16-11-21(27(2,23)24)14-10-12(19)8-9-15(14)25-16/h4-10,16H,3,11H2,1-2H3,(H,20,22)/t16-/m1/s1. The van der Waals surface area contributed by atoms with Gasteiger partial charge in [-0.05, 0) is 36.1 Å². The Morgan fingerprint density at radius 3 is 2.78 bits per heavy atom. The van der Waals surface area contributed by atoms with E-state index in [0.717, 1.165) is 21.2 Å². The summed E-state index contributed by atoms with van der Waals surface area (Å²) in [5.41, 5.74) is 1.00. The van der Waals surface area contributed by atoms with Gasteiger partial charge in [0.1, 0.15) is 5.75 Å². The van der Waals surface area contributed by atoms with Gasteiger partial charge < -0.3 is 10.1 Å². The van der Waals surface area contributed by atoms with Crippen LogP contribution in [-0.4, -0.2) is 39.0 Å². The zero-order valence-electron chi connectivity index (χ0n) is 14.8. The van der Waals surface area contributed by atoms with Crippen LogP contribution in [-0.2, 0) is 14.8 Å². The van der Waals surface area contributed by atoms with Crippen molar-refractivity contribution >= 4 is 50.7 Å². The molecule has 2 aromatic carbocycles. The zero-order chi connectivity index (χ0) is 19.6. The maximum absolute atomic E-state index is 12.8. The van der Waals surface area contributed by atoms with Gasteiger partial charge in [0.05, 0.1) is 24.2 Å². The molecule has 6 nitrogen and oxygen atoms in total. The molecule has 0 aromatic heterocycles. The van der Waals surface area contributed by atoms with Gasteiger partial charge in [-0.15, -0.1) is 11.8 Å². The maximum atomic E-state index is 12.8. The minimum absolute atomic E-state index is 0.124. The third-order valence-corrected chi connectivity index (χ3v) is 6.27. The predicted octanol–water partition coefficient (Wildman–Crippen LogP) is 3.62. The lowest BCUT2D eigenvalue weighted by Crippen LogP contribution is -2.48. The van der Waals surface area contributed by atoms with E-state index in [9.17, 15) is 13.2 Å². The van der Waals surface area contributed by atoms with Crippen LogP contribution >= 0.6 is 23.4 Å². The number of rotatable bonds is 5. The number of nitrogens with zero attached hydrogens (tertiary/aromatic N) is 1. The quantitative estimate of drug-likeness (QED) is 0.739. The Morgan fingerprint density at radius 1 is 1.33 bits per heavy atom. The molecular weight excluding hydrogens is 408 g/mol. The number of sulfonamides is 1. The summed E-state index contributed by atoms with van der Waals surface area (Å²) < 4.78 is 31.3. The first-order valence-electron chi connectivity index (χ1n) is 8.26. The number of nitrogens with one attached hydrogen (secondary N) is 1. The number of amides is 1. The molecule has 0 unspecified atom stereocenters. The molecule has 3 rings (SSSR count). The molecule has 0 bridgehead atoms. The first kappa shape index (κ1) is 19.9. The van der Waals surface area contributed by atoms with Gasteiger partial charge in [0.25, 0.3) is 5.91 Å². The molecule has 0 saturated heterocycles. The van der Waals surface area contributed by atoms with E-state index in [4.69, 9.17) is 16.3 Å². The van der Waals surface area contributed by atoms with Crippen LogP contribution in [0.3, 0.4) is 0 Å². The molecule has 144 valence electrons. The Kier molecular flexibility index (Phi) is 5.88. The molecule has 0 spiro atoms. The van der Waals surface area contributed by atoms with E-state index in [1.54, 1.807) is 30.0 Å². The van der Waals surface area contributed by atoms with Crippen LogP contribution in [0.25, 0.3) is 0 Å². The van der Waals surface area contributed by atoms with Gasteiger partial charge in [0.2, 0.25) is 10.0 Å². The Bertz CT molecular complexity index is 966. The predicted molar refractivity (Wildman–Crippen MR) is 110 cm³/mol. The highest BCUT2D eigenvalue weighted by atomic mass is 35.5. The van der Waals surface area contributed by atoms with Gasteiger partial charge in [-0.3, -0.25) is 9.10 Å². The molecule has 0 fully saturated rings. The summed E-state index contributed by atoms with van der Waals surface area (Å²) in [5, 5.41) is 3.24. The van der Waals surface area contributed by atoms with E-state index in [-0.39, 0.29) is 6.54 Å². The number of hydrogen-bond donors (Lipinski definition) is 1. The van der Waals surface area contributed by atoms with E-state index < -0.39 is 22.0 Å². The lowest BCUT2D eigenvalue weighted by molar-refractivity contribution is -0.122. The monoisotopic (exact) mass is 426 g/mol. The van der Waals surface area contributed by atoms with Crippen molar-refractivity contribution in [3.63, 3.8) is 0 Å². The van der Waals surface area contributed by atoms with E-state index in [0.29, 0.717) is 22.1 Å². The van der Waals surface area contributed by atoms with Crippen LogP contribution in [0.4, 0.5) is 11.4 Å². The van der Waals surface area contributed by atoms with Crippen LogP contribution in [0, 0.1) is 0 Å². The van der Waals surface area contributed by atoms with Crippen LogP contribution in [0.5, 0.6) is 5.75 Å². The minimum Gasteiger partial charge on any atom is -0.476 e. The number of carbonyl (C=O) groups excluding carboxylic acids is 1. The molecule has 0 radical (unpaired) electrons. The SMILES string of the molecule is CCSc1ccccc1NC(=O)[C@H]1CN(S(C)(=O)=O)c2cc(Cl)ccc2O1. The highest BCUT2D eigenvalue weighted by Crippen LogP contribution is 2.37. The molecule has 27 heavy (non-hydrogen) atoms. The largest absolute Gasteiger partial charge is 0.476 e. The van der Waals surface area contributed by atoms with Crippen molar-refractivity contribution in [2.24, 2.45) is 0 Å². The number of benzene rings is 2. The fourth-order valence-corrected chi connectivity index (χ4v) is 4.57. The topological polar surface area (TPSA) is 75.7 Å². The molecule has 1 amide bonds. The number of thioether (sulfide) groups is 1. The van der Waals surface area contributed by atoms with E-state index in [1.165, 1.54) is 6.07 Å². The van der Waals surface area contributed by atoms with Crippen molar-refractivity contribution in [2.75, 3.05) is 28.2 Å². The Balaban J connectivity index is 1.88.